The number of rotatable bonds is 7. The monoisotopic (exact) mass is 574 g/mol. The van der Waals surface area contributed by atoms with Crippen LogP contribution in [0.5, 0.6) is 23.1 Å². The van der Waals surface area contributed by atoms with E-state index in [1.54, 1.807) is 17.7 Å². The minimum atomic E-state index is -0.976. The third-order valence-corrected chi connectivity index (χ3v) is 6.35. The molecule has 4 aromatic rings. The van der Waals surface area contributed by atoms with Crippen LogP contribution in [-0.2, 0) is 13.5 Å². The summed E-state index contributed by atoms with van der Waals surface area (Å²) in [6.07, 6.45) is 3.31. The molecule has 1 N–H and O–H groups in total. The first-order chi connectivity index (χ1) is 17.7. The van der Waals surface area contributed by atoms with Crippen molar-refractivity contribution in [1.29, 1.82) is 0 Å². The van der Waals surface area contributed by atoms with Gasteiger partial charge in [-0.2, -0.15) is 0 Å². The minimum Gasteiger partial charge on any atom is -0.491 e. The van der Waals surface area contributed by atoms with E-state index in [-0.39, 0.29) is 27.2 Å². The van der Waals surface area contributed by atoms with E-state index >= 15 is 0 Å². The molecule has 0 atom stereocenters. The average Bonchev–Trinajstić information content (AvgIpc) is 2.88. The number of carbonyl (C=O) groups excluding carboxylic acids is 1. The van der Waals surface area contributed by atoms with Gasteiger partial charge in [0.05, 0.1) is 29.9 Å². The quantitative estimate of drug-likeness (QED) is 0.331. The van der Waals surface area contributed by atoms with E-state index in [4.69, 9.17) is 14.2 Å². The van der Waals surface area contributed by atoms with Crippen molar-refractivity contribution in [1.82, 2.24) is 14.5 Å². The van der Waals surface area contributed by atoms with Gasteiger partial charge in [0.15, 0.2) is 28.9 Å². The Morgan fingerprint density at radius 2 is 1.86 bits per heavy atom. The van der Waals surface area contributed by atoms with E-state index in [2.05, 4.69) is 31.2 Å². The fourth-order valence-corrected chi connectivity index (χ4v) is 4.47. The Kier molecular flexibility index (Phi) is 7.39. The minimum absolute atomic E-state index is 0.0883. The fourth-order valence-electron chi connectivity index (χ4n) is 3.70. The largest absolute Gasteiger partial charge is 0.491 e. The molecular weight excluding hydrogens is 554 g/mol. The zero-order chi connectivity index (χ0) is 26.9. The van der Waals surface area contributed by atoms with Crippen molar-refractivity contribution in [2.24, 2.45) is 7.05 Å². The van der Waals surface area contributed by atoms with E-state index in [1.165, 1.54) is 32.7 Å². The van der Waals surface area contributed by atoms with Gasteiger partial charge in [-0.05, 0) is 22.4 Å². The van der Waals surface area contributed by atoms with Crippen molar-refractivity contribution in [2.75, 3.05) is 19.5 Å². The molecule has 9 nitrogen and oxygen atoms in total. The standard InChI is InChI=1S/C25H21BrF2N4O5/c1-5-17-21(26)23(33)12(11-32(17)2)24(34)30-15-8-14(28)19(9-13(15)27)37-18-6-7-29-16-10-20(35-3)25(36-4)31-22(16)18/h6-11H,5H2,1-4H3,(H,30,34). The van der Waals surface area contributed by atoms with Crippen molar-refractivity contribution < 1.29 is 27.8 Å². The predicted molar refractivity (Wildman–Crippen MR) is 136 cm³/mol. The number of nitrogens with zero attached hydrogens (tertiary/aromatic N) is 3. The number of amides is 1. The van der Waals surface area contributed by atoms with Crippen LogP contribution in [0.4, 0.5) is 14.5 Å². The Morgan fingerprint density at radius 3 is 2.54 bits per heavy atom. The summed E-state index contributed by atoms with van der Waals surface area (Å²) in [4.78, 5) is 33.8. The fraction of sp³-hybridized carbons (Fsp3) is 0.200. The summed E-state index contributed by atoms with van der Waals surface area (Å²) in [5.74, 6) is -2.70. The van der Waals surface area contributed by atoms with Gasteiger partial charge in [-0.25, -0.2) is 13.8 Å². The Labute approximate surface area is 218 Å². The molecule has 37 heavy (non-hydrogen) atoms. The molecule has 0 aliphatic carbocycles. The van der Waals surface area contributed by atoms with Crippen LogP contribution in [0.2, 0.25) is 0 Å². The number of carbonyl (C=O) groups is 1. The molecule has 0 radical (unpaired) electrons. The topological polar surface area (TPSA) is 105 Å². The molecule has 0 bridgehead atoms. The van der Waals surface area contributed by atoms with Crippen LogP contribution < -0.4 is 25.0 Å². The van der Waals surface area contributed by atoms with Crippen LogP contribution in [0.1, 0.15) is 23.0 Å². The van der Waals surface area contributed by atoms with Gasteiger partial charge in [0.2, 0.25) is 5.43 Å². The van der Waals surface area contributed by atoms with Crippen LogP contribution in [-0.4, -0.2) is 34.7 Å². The number of halogens is 3. The number of methoxy groups -OCH3 is 2. The number of benzene rings is 1. The number of fused-ring (bicyclic) bond motifs is 1. The highest BCUT2D eigenvalue weighted by Gasteiger charge is 2.21. The molecular formula is C25H21BrF2N4O5. The summed E-state index contributed by atoms with van der Waals surface area (Å²) in [6.45, 7) is 1.86. The molecule has 0 aliphatic rings. The van der Waals surface area contributed by atoms with E-state index in [0.29, 0.717) is 23.4 Å². The number of hydrogen-bond acceptors (Lipinski definition) is 7. The number of aromatic nitrogens is 3. The van der Waals surface area contributed by atoms with Crippen molar-refractivity contribution in [2.45, 2.75) is 13.3 Å². The maximum absolute atomic E-state index is 14.9. The third kappa shape index (κ3) is 4.96. The van der Waals surface area contributed by atoms with Crippen molar-refractivity contribution in [3.8, 4) is 23.1 Å². The Bertz CT molecular complexity index is 1590. The average molecular weight is 575 g/mol. The van der Waals surface area contributed by atoms with Crippen LogP contribution >= 0.6 is 15.9 Å². The molecule has 12 heteroatoms. The molecule has 0 saturated heterocycles. The van der Waals surface area contributed by atoms with Crippen molar-refractivity contribution >= 4 is 38.6 Å². The highest BCUT2D eigenvalue weighted by Crippen LogP contribution is 2.35. The second kappa shape index (κ2) is 10.5. The van der Waals surface area contributed by atoms with E-state index in [0.717, 1.165) is 12.1 Å². The lowest BCUT2D eigenvalue weighted by molar-refractivity contribution is 0.102. The summed E-state index contributed by atoms with van der Waals surface area (Å²) < 4.78 is 47.7. The molecule has 1 aromatic carbocycles. The third-order valence-electron chi connectivity index (χ3n) is 5.54. The summed E-state index contributed by atoms with van der Waals surface area (Å²) in [7, 11) is 4.53. The van der Waals surface area contributed by atoms with Gasteiger partial charge in [-0.15, -0.1) is 0 Å². The summed E-state index contributed by atoms with van der Waals surface area (Å²) in [5, 5.41) is 2.25. The second-order valence-electron chi connectivity index (χ2n) is 7.79. The van der Waals surface area contributed by atoms with Crippen LogP contribution in [0, 0.1) is 11.6 Å². The second-order valence-corrected chi connectivity index (χ2v) is 8.59. The zero-order valence-corrected chi connectivity index (χ0v) is 21.8. The van der Waals surface area contributed by atoms with Gasteiger partial charge in [-0.3, -0.25) is 14.6 Å². The molecule has 3 heterocycles. The Morgan fingerprint density at radius 1 is 1.11 bits per heavy atom. The maximum atomic E-state index is 14.9. The lowest BCUT2D eigenvalue weighted by Gasteiger charge is -2.14. The number of anilines is 1. The highest BCUT2D eigenvalue weighted by atomic mass is 79.9. The van der Waals surface area contributed by atoms with Crippen LogP contribution in [0.3, 0.4) is 0 Å². The van der Waals surface area contributed by atoms with E-state index in [9.17, 15) is 18.4 Å². The highest BCUT2D eigenvalue weighted by molar-refractivity contribution is 9.10. The van der Waals surface area contributed by atoms with Crippen molar-refractivity contribution in [3.63, 3.8) is 0 Å². The van der Waals surface area contributed by atoms with Crippen molar-refractivity contribution in [3.05, 3.63) is 74.2 Å². The molecule has 0 saturated carbocycles. The first-order valence-corrected chi connectivity index (χ1v) is 11.7. The maximum Gasteiger partial charge on any atom is 0.261 e. The Balaban J connectivity index is 1.65. The molecule has 3 aromatic heterocycles. The van der Waals surface area contributed by atoms with Crippen LogP contribution in [0.15, 0.2) is 45.9 Å². The molecule has 0 aliphatic heterocycles. The first-order valence-electron chi connectivity index (χ1n) is 10.9. The zero-order valence-electron chi connectivity index (χ0n) is 20.2. The molecule has 4 rings (SSSR count). The lowest BCUT2D eigenvalue weighted by atomic mass is 10.2. The van der Waals surface area contributed by atoms with Gasteiger partial charge >= 0.3 is 0 Å². The molecule has 0 fully saturated rings. The molecule has 1 amide bonds. The SMILES string of the molecule is CCc1c(Br)c(=O)c(C(=O)Nc2cc(F)c(Oc3ccnc4cc(OC)c(OC)nc34)cc2F)cn1C. The molecule has 0 unspecified atom stereocenters. The van der Waals surface area contributed by atoms with Gasteiger partial charge < -0.3 is 24.1 Å². The normalized spacial score (nSPS) is 10.9. The summed E-state index contributed by atoms with van der Waals surface area (Å²) >= 11 is 3.21. The number of pyridine rings is 3. The number of ether oxygens (including phenoxy) is 3. The Hall–Kier alpha value is -4.06. The molecule has 192 valence electrons. The van der Waals surface area contributed by atoms with Gasteiger partial charge in [-0.1, -0.05) is 6.92 Å². The number of hydrogen-bond donors (Lipinski definition) is 1. The number of aryl methyl sites for hydroxylation is 1. The van der Waals surface area contributed by atoms with Gasteiger partial charge in [0.1, 0.15) is 11.1 Å². The van der Waals surface area contributed by atoms with E-state index < -0.39 is 34.4 Å². The van der Waals surface area contributed by atoms with E-state index in [1.807, 2.05) is 6.92 Å². The van der Waals surface area contributed by atoms with Gasteiger partial charge in [0, 0.05) is 49.4 Å². The predicted octanol–water partition coefficient (Wildman–Crippen LogP) is 4.99. The summed E-state index contributed by atoms with van der Waals surface area (Å²) in [5.41, 5.74) is 0.0463. The summed E-state index contributed by atoms with van der Waals surface area (Å²) in [6, 6.07) is 4.55. The first kappa shape index (κ1) is 26.0. The number of nitrogens with one attached hydrogen (secondary N) is 1. The lowest BCUT2D eigenvalue weighted by Crippen LogP contribution is -2.25. The van der Waals surface area contributed by atoms with Crippen LogP contribution in [0.25, 0.3) is 11.0 Å². The smallest absolute Gasteiger partial charge is 0.261 e. The van der Waals surface area contributed by atoms with Gasteiger partial charge in [0.25, 0.3) is 11.8 Å². The molecule has 0 spiro atoms.